The molecule has 3 aromatic rings. The fraction of sp³-hybridized carbons (Fsp3) is 0.316. The summed E-state index contributed by atoms with van der Waals surface area (Å²) >= 11 is 0. The monoisotopic (exact) mass is 422 g/mol. The summed E-state index contributed by atoms with van der Waals surface area (Å²) in [5.74, 6) is -1.85. The molecule has 0 saturated carbocycles. The quantitative estimate of drug-likeness (QED) is 0.207. The molecule has 0 radical (unpaired) electrons. The molecule has 0 amide bonds. The van der Waals surface area contributed by atoms with E-state index in [4.69, 9.17) is 13.9 Å². The van der Waals surface area contributed by atoms with E-state index in [0.29, 0.717) is 0 Å². The van der Waals surface area contributed by atoms with Crippen LogP contribution in [-0.2, 0) is 4.74 Å². The second-order valence-electron chi connectivity index (χ2n) is 6.87. The van der Waals surface area contributed by atoms with Gasteiger partial charge in [-0.15, -0.1) is 0 Å². The highest BCUT2D eigenvalue weighted by Crippen LogP contribution is 2.37. The van der Waals surface area contributed by atoms with Crippen LogP contribution >= 0.6 is 0 Å². The minimum atomic E-state index is -1.69. The van der Waals surface area contributed by atoms with Crippen molar-refractivity contribution in [1.82, 2.24) is 0 Å². The molecular formula is C19H18O11. The lowest BCUT2D eigenvalue weighted by molar-refractivity contribution is -0.277. The first-order valence-corrected chi connectivity index (χ1v) is 8.84. The third kappa shape index (κ3) is 3.09. The number of phenols is 3. The molecule has 1 saturated heterocycles. The molecule has 30 heavy (non-hydrogen) atoms. The zero-order valence-corrected chi connectivity index (χ0v) is 15.2. The molecule has 11 nitrogen and oxygen atoms in total. The Morgan fingerprint density at radius 2 is 1.70 bits per heavy atom. The standard InChI is InChI=1S/C19H18O11/c20-5-11-15(25)16(26)17(27)19(30-11)28-6-3-9(22)12-10(4-6)29-18-7(13(12)23)1-2-8(21)14(18)24/h1-4,11,15-17,19-22,24-27H,5H2. The number of rotatable bonds is 3. The molecule has 160 valence electrons. The number of fused-ring (bicyclic) bond motifs is 2. The van der Waals surface area contributed by atoms with Crippen LogP contribution in [0.3, 0.4) is 0 Å². The third-order valence-electron chi connectivity index (χ3n) is 4.95. The highest BCUT2D eigenvalue weighted by atomic mass is 16.7. The maximum Gasteiger partial charge on any atom is 0.229 e. The molecular weight excluding hydrogens is 404 g/mol. The van der Waals surface area contributed by atoms with Crippen molar-refractivity contribution in [3.05, 3.63) is 34.5 Å². The van der Waals surface area contributed by atoms with Crippen LogP contribution in [0.15, 0.2) is 33.5 Å². The van der Waals surface area contributed by atoms with Gasteiger partial charge in [-0.1, -0.05) is 0 Å². The van der Waals surface area contributed by atoms with Gasteiger partial charge >= 0.3 is 0 Å². The van der Waals surface area contributed by atoms with Crippen molar-refractivity contribution in [2.45, 2.75) is 30.7 Å². The second-order valence-corrected chi connectivity index (χ2v) is 6.87. The molecule has 1 aliphatic rings. The van der Waals surface area contributed by atoms with Gasteiger partial charge in [0.1, 0.15) is 46.9 Å². The summed E-state index contributed by atoms with van der Waals surface area (Å²) < 4.78 is 16.1. The fourth-order valence-corrected chi connectivity index (χ4v) is 3.34. The fourth-order valence-electron chi connectivity index (χ4n) is 3.34. The first kappa shape index (κ1) is 20.2. The minimum Gasteiger partial charge on any atom is -0.507 e. The molecule has 7 N–H and O–H groups in total. The molecule has 2 aromatic carbocycles. The van der Waals surface area contributed by atoms with E-state index in [0.717, 1.165) is 12.1 Å². The molecule has 2 heterocycles. The average molecular weight is 422 g/mol. The Morgan fingerprint density at radius 3 is 2.40 bits per heavy atom. The Bertz CT molecular complexity index is 1170. The summed E-state index contributed by atoms with van der Waals surface area (Å²) in [6, 6.07) is 4.55. The van der Waals surface area contributed by atoms with E-state index < -0.39 is 60.0 Å². The Kier molecular flexibility index (Phi) is 4.92. The van der Waals surface area contributed by atoms with Gasteiger partial charge in [-0.05, 0) is 12.1 Å². The Balaban J connectivity index is 1.78. The largest absolute Gasteiger partial charge is 0.507 e. The Morgan fingerprint density at radius 1 is 0.967 bits per heavy atom. The van der Waals surface area contributed by atoms with Crippen LogP contribution < -0.4 is 10.2 Å². The molecule has 1 fully saturated rings. The molecule has 1 aliphatic heterocycles. The third-order valence-corrected chi connectivity index (χ3v) is 4.95. The lowest BCUT2D eigenvalue weighted by atomic mass is 9.99. The number of aliphatic hydroxyl groups is 4. The van der Waals surface area contributed by atoms with Crippen LogP contribution in [0, 0.1) is 0 Å². The summed E-state index contributed by atoms with van der Waals surface area (Å²) in [6.45, 7) is -0.655. The maximum atomic E-state index is 12.7. The van der Waals surface area contributed by atoms with Gasteiger partial charge in [0.2, 0.25) is 17.5 Å². The van der Waals surface area contributed by atoms with Crippen molar-refractivity contribution in [3.63, 3.8) is 0 Å². The lowest BCUT2D eigenvalue weighted by Crippen LogP contribution is -2.60. The van der Waals surface area contributed by atoms with Crippen molar-refractivity contribution >= 4 is 21.9 Å². The SMILES string of the molecule is O=c1c2ccc(O)c(O)c2oc2cc(OC3OC(CO)C(O)C(O)C3O)cc(O)c12. The molecule has 4 rings (SSSR count). The van der Waals surface area contributed by atoms with Gasteiger partial charge in [-0.3, -0.25) is 4.79 Å². The number of aromatic hydroxyl groups is 3. The first-order chi connectivity index (χ1) is 14.2. The van der Waals surface area contributed by atoms with Crippen LogP contribution in [-0.4, -0.2) is 73.1 Å². The van der Waals surface area contributed by atoms with Gasteiger partial charge in [-0.25, -0.2) is 0 Å². The van der Waals surface area contributed by atoms with Gasteiger partial charge in [0.05, 0.1) is 12.0 Å². The summed E-state index contributed by atoms with van der Waals surface area (Å²) in [5.41, 5.74) is -1.18. The van der Waals surface area contributed by atoms with Crippen molar-refractivity contribution < 1.29 is 49.6 Å². The van der Waals surface area contributed by atoms with Crippen LogP contribution in [0.5, 0.6) is 23.0 Å². The number of ether oxygens (including phenoxy) is 2. The molecule has 5 atom stereocenters. The van der Waals surface area contributed by atoms with Crippen LogP contribution in [0.2, 0.25) is 0 Å². The second kappa shape index (κ2) is 7.31. The topological polar surface area (TPSA) is 190 Å². The van der Waals surface area contributed by atoms with Crippen molar-refractivity contribution in [1.29, 1.82) is 0 Å². The number of hydrogen-bond donors (Lipinski definition) is 7. The van der Waals surface area contributed by atoms with Gasteiger partial charge in [0.25, 0.3) is 0 Å². The Hall–Kier alpha value is -3.09. The normalized spacial score (nSPS) is 26.9. The highest BCUT2D eigenvalue weighted by Gasteiger charge is 2.44. The predicted molar refractivity (Wildman–Crippen MR) is 99.4 cm³/mol. The molecule has 0 aliphatic carbocycles. The molecule has 11 heteroatoms. The van der Waals surface area contributed by atoms with Crippen LogP contribution in [0.4, 0.5) is 0 Å². The molecule has 1 aromatic heterocycles. The van der Waals surface area contributed by atoms with E-state index in [2.05, 4.69) is 0 Å². The number of hydrogen-bond acceptors (Lipinski definition) is 11. The van der Waals surface area contributed by atoms with Gasteiger partial charge in [0, 0.05) is 12.1 Å². The number of benzene rings is 2. The maximum absolute atomic E-state index is 12.7. The lowest BCUT2D eigenvalue weighted by Gasteiger charge is -2.39. The molecule has 5 unspecified atom stereocenters. The van der Waals surface area contributed by atoms with Crippen molar-refractivity contribution in [2.24, 2.45) is 0 Å². The summed E-state index contributed by atoms with van der Waals surface area (Å²) in [4.78, 5) is 12.7. The van der Waals surface area contributed by atoms with E-state index in [1.165, 1.54) is 12.1 Å². The highest BCUT2D eigenvalue weighted by molar-refractivity contribution is 5.96. The predicted octanol–water partition coefficient (Wildman–Crippen LogP) is -0.758. The van der Waals surface area contributed by atoms with Crippen molar-refractivity contribution in [3.8, 4) is 23.0 Å². The molecule has 0 bridgehead atoms. The average Bonchev–Trinajstić information content (AvgIpc) is 2.71. The van der Waals surface area contributed by atoms with E-state index in [1.807, 2.05) is 0 Å². The zero-order valence-electron chi connectivity index (χ0n) is 15.2. The molecule has 0 spiro atoms. The Labute approximate surface area is 167 Å². The van der Waals surface area contributed by atoms with Gasteiger partial charge in [-0.2, -0.15) is 0 Å². The number of aliphatic hydroxyl groups excluding tert-OH is 4. The van der Waals surface area contributed by atoms with Gasteiger partial charge in [0.15, 0.2) is 11.3 Å². The zero-order chi connectivity index (χ0) is 21.7. The summed E-state index contributed by atoms with van der Waals surface area (Å²) in [6.07, 6.45) is -7.66. The summed E-state index contributed by atoms with van der Waals surface area (Å²) in [7, 11) is 0. The number of phenolic OH excluding ortho intramolecular Hbond substituents is 3. The first-order valence-electron chi connectivity index (χ1n) is 8.84. The summed E-state index contributed by atoms with van der Waals surface area (Å²) in [5, 5.41) is 68.6. The van der Waals surface area contributed by atoms with Gasteiger partial charge < -0.3 is 49.6 Å². The smallest absolute Gasteiger partial charge is 0.229 e. The van der Waals surface area contributed by atoms with Crippen LogP contribution in [0.25, 0.3) is 21.9 Å². The van der Waals surface area contributed by atoms with Crippen LogP contribution in [0.1, 0.15) is 0 Å². The van der Waals surface area contributed by atoms with E-state index in [1.54, 1.807) is 0 Å². The van der Waals surface area contributed by atoms with Crippen molar-refractivity contribution in [2.75, 3.05) is 6.61 Å². The van der Waals surface area contributed by atoms with E-state index >= 15 is 0 Å². The van der Waals surface area contributed by atoms with E-state index in [9.17, 15) is 40.5 Å². The minimum absolute atomic E-state index is 0.0734. The van der Waals surface area contributed by atoms with E-state index in [-0.39, 0.29) is 27.7 Å².